The van der Waals surface area contributed by atoms with Crippen LogP contribution in [0.3, 0.4) is 0 Å². The highest BCUT2D eigenvalue weighted by molar-refractivity contribution is 5.78. The third-order valence-electron chi connectivity index (χ3n) is 7.37. The SMILES string of the molecule is CCn1c(=O)n(CCCO)c(=O)c2c1nc(-c1ccc(OC3CC(C)(C)C3)nc1C)n2Cc1ccc(F)cc1. The second-order valence-electron chi connectivity index (χ2n) is 11.0. The summed E-state index contributed by atoms with van der Waals surface area (Å²) in [6.45, 7) is 8.60. The number of rotatable bonds is 9. The molecule has 10 heteroatoms. The summed E-state index contributed by atoms with van der Waals surface area (Å²) in [7, 11) is 0. The Morgan fingerprint density at radius 3 is 2.38 bits per heavy atom. The summed E-state index contributed by atoms with van der Waals surface area (Å²) in [5.74, 6) is 0.662. The topological polar surface area (TPSA) is 104 Å². The van der Waals surface area contributed by atoms with E-state index in [2.05, 4.69) is 18.8 Å². The Hall–Kier alpha value is -3.79. The number of benzene rings is 1. The largest absolute Gasteiger partial charge is 0.474 e. The third kappa shape index (κ3) is 5.13. The molecule has 0 amide bonds. The molecule has 0 unspecified atom stereocenters. The normalized spacial score (nSPS) is 15.0. The molecule has 1 aliphatic carbocycles. The van der Waals surface area contributed by atoms with Gasteiger partial charge in [-0.2, -0.15) is 0 Å². The Morgan fingerprint density at radius 2 is 1.77 bits per heavy atom. The lowest BCUT2D eigenvalue weighted by Crippen LogP contribution is -2.40. The Labute approximate surface area is 225 Å². The standard InChI is InChI=1S/C29H34FN5O4/c1-5-33-26-24(27(37)34(28(33)38)13-6-14-36)35(17-19-7-9-20(30)10-8-19)25(32-26)22-11-12-23(31-18(22)2)39-21-15-29(3,4)16-21/h7-12,21,36H,5-6,13-17H2,1-4H3. The van der Waals surface area contributed by atoms with Crippen LogP contribution in [0.2, 0.25) is 0 Å². The van der Waals surface area contributed by atoms with Crippen molar-refractivity contribution in [1.29, 1.82) is 0 Å². The van der Waals surface area contributed by atoms with Gasteiger partial charge in [-0.3, -0.25) is 13.9 Å². The van der Waals surface area contributed by atoms with Crippen molar-refractivity contribution in [3.63, 3.8) is 0 Å². The van der Waals surface area contributed by atoms with Crippen molar-refractivity contribution in [2.75, 3.05) is 6.61 Å². The molecule has 39 heavy (non-hydrogen) atoms. The van der Waals surface area contributed by atoms with E-state index in [1.165, 1.54) is 16.7 Å². The van der Waals surface area contributed by atoms with Crippen LogP contribution in [0.15, 0.2) is 46.0 Å². The Bertz CT molecular complexity index is 1630. The summed E-state index contributed by atoms with van der Waals surface area (Å²) in [6.07, 6.45) is 2.35. The van der Waals surface area contributed by atoms with E-state index in [0.717, 1.165) is 23.0 Å². The molecule has 0 bridgehead atoms. The van der Waals surface area contributed by atoms with E-state index in [0.29, 0.717) is 29.5 Å². The van der Waals surface area contributed by atoms with E-state index in [-0.39, 0.29) is 54.6 Å². The molecule has 1 aromatic carbocycles. The van der Waals surface area contributed by atoms with Gasteiger partial charge in [0.1, 0.15) is 17.7 Å². The number of ether oxygens (including phenoxy) is 1. The van der Waals surface area contributed by atoms with Crippen LogP contribution in [-0.4, -0.2) is 41.5 Å². The molecular formula is C29H34FN5O4. The first-order valence-corrected chi connectivity index (χ1v) is 13.4. The van der Waals surface area contributed by atoms with E-state index >= 15 is 0 Å². The van der Waals surface area contributed by atoms with Gasteiger partial charge < -0.3 is 14.4 Å². The van der Waals surface area contributed by atoms with Crippen LogP contribution < -0.4 is 16.0 Å². The lowest BCUT2D eigenvalue weighted by atomic mass is 9.70. The van der Waals surface area contributed by atoms with E-state index in [9.17, 15) is 19.1 Å². The van der Waals surface area contributed by atoms with Crippen molar-refractivity contribution < 1.29 is 14.2 Å². The Balaban J connectivity index is 1.67. The average molecular weight is 536 g/mol. The van der Waals surface area contributed by atoms with E-state index in [1.807, 2.05) is 26.0 Å². The minimum absolute atomic E-state index is 0.0890. The third-order valence-corrected chi connectivity index (χ3v) is 7.37. The first-order chi connectivity index (χ1) is 18.6. The van der Waals surface area contributed by atoms with Crippen molar-refractivity contribution in [3.05, 3.63) is 74.3 Å². The van der Waals surface area contributed by atoms with Crippen LogP contribution in [0.1, 0.15) is 51.3 Å². The fraction of sp³-hybridized carbons (Fsp3) is 0.448. The number of aliphatic hydroxyl groups is 1. The number of nitrogens with zero attached hydrogens (tertiary/aromatic N) is 5. The van der Waals surface area contributed by atoms with Gasteiger partial charge in [-0.25, -0.2) is 19.2 Å². The van der Waals surface area contributed by atoms with Crippen molar-refractivity contribution in [1.82, 2.24) is 23.7 Å². The Kier molecular flexibility index (Phi) is 7.15. The molecule has 3 heterocycles. The van der Waals surface area contributed by atoms with E-state index in [1.54, 1.807) is 16.7 Å². The van der Waals surface area contributed by atoms with Gasteiger partial charge in [-0.05, 0) is 62.3 Å². The van der Waals surface area contributed by atoms with Gasteiger partial charge in [-0.15, -0.1) is 0 Å². The number of aliphatic hydroxyl groups excluding tert-OH is 1. The van der Waals surface area contributed by atoms with Crippen LogP contribution in [0, 0.1) is 18.2 Å². The zero-order valence-corrected chi connectivity index (χ0v) is 22.8. The molecule has 1 saturated carbocycles. The minimum Gasteiger partial charge on any atom is -0.474 e. The minimum atomic E-state index is -0.479. The number of halogens is 1. The molecule has 1 aliphatic rings. The fourth-order valence-corrected chi connectivity index (χ4v) is 5.40. The van der Waals surface area contributed by atoms with Crippen LogP contribution in [0.4, 0.5) is 4.39 Å². The van der Waals surface area contributed by atoms with Gasteiger partial charge in [-0.1, -0.05) is 26.0 Å². The van der Waals surface area contributed by atoms with Crippen LogP contribution in [0.25, 0.3) is 22.6 Å². The maximum absolute atomic E-state index is 13.7. The maximum Gasteiger partial charge on any atom is 0.332 e. The number of aromatic nitrogens is 5. The van der Waals surface area contributed by atoms with Gasteiger partial charge in [0.2, 0.25) is 5.88 Å². The van der Waals surface area contributed by atoms with Crippen molar-refractivity contribution >= 4 is 11.2 Å². The maximum atomic E-state index is 13.7. The highest BCUT2D eigenvalue weighted by Crippen LogP contribution is 2.42. The second-order valence-corrected chi connectivity index (χ2v) is 11.0. The number of hydrogen-bond acceptors (Lipinski definition) is 6. The molecule has 4 aromatic rings. The van der Waals surface area contributed by atoms with Crippen molar-refractivity contribution in [3.8, 4) is 17.3 Å². The summed E-state index contributed by atoms with van der Waals surface area (Å²) in [5, 5.41) is 9.34. The molecule has 5 rings (SSSR count). The van der Waals surface area contributed by atoms with Crippen LogP contribution in [0.5, 0.6) is 5.88 Å². The second kappa shape index (κ2) is 10.4. The van der Waals surface area contributed by atoms with Gasteiger partial charge in [0.05, 0.1) is 5.69 Å². The molecule has 0 atom stereocenters. The van der Waals surface area contributed by atoms with Gasteiger partial charge in [0.15, 0.2) is 11.2 Å². The summed E-state index contributed by atoms with van der Waals surface area (Å²) in [5.41, 5.74) is 2.02. The number of aryl methyl sites for hydroxylation is 2. The van der Waals surface area contributed by atoms with Crippen molar-refractivity contribution in [2.45, 2.75) is 72.7 Å². The predicted molar refractivity (Wildman–Crippen MR) is 147 cm³/mol. The number of hydrogen-bond donors (Lipinski definition) is 1. The summed E-state index contributed by atoms with van der Waals surface area (Å²) >= 11 is 0. The molecule has 9 nitrogen and oxygen atoms in total. The average Bonchev–Trinajstić information content (AvgIpc) is 3.23. The number of pyridine rings is 1. The Morgan fingerprint density at radius 1 is 1.05 bits per heavy atom. The van der Waals surface area contributed by atoms with E-state index in [4.69, 9.17) is 9.72 Å². The fourth-order valence-electron chi connectivity index (χ4n) is 5.40. The highest BCUT2D eigenvalue weighted by Gasteiger charge is 2.38. The lowest BCUT2D eigenvalue weighted by molar-refractivity contribution is 0.00761. The molecule has 0 aliphatic heterocycles. The molecule has 1 fully saturated rings. The van der Waals surface area contributed by atoms with Gasteiger partial charge in [0.25, 0.3) is 5.56 Å². The smallest absolute Gasteiger partial charge is 0.332 e. The molecule has 0 spiro atoms. The predicted octanol–water partition coefficient (Wildman–Crippen LogP) is 3.89. The molecule has 1 N–H and O–H groups in total. The first-order valence-electron chi connectivity index (χ1n) is 13.4. The number of imidazole rings is 1. The summed E-state index contributed by atoms with van der Waals surface area (Å²) in [4.78, 5) is 36.4. The van der Waals surface area contributed by atoms with E-state index < -0.39 is 11.2 Å². The van der Waals surface area contributed by atoms with Crippen LogP contribution in [-0.2, 0) is 19.6 Å². The van der Waals surface area contributed by atoms with Gasteiger partial charge >= 0.3 is 5.69 Å². The quantitative estimate of drug-likeness (QED) is 0.349. The molecule has 0 radical (unpaired) electrons. The summed E-state index contributed by atoms with van der Waals surface area (Å²) in [6, 6.07) is 9.75. The zero-order valence-electron chi connectivity index (χ0n) is 22.8. The highest BCUT2D eigenvalue weighted by atomic mass is 19.1. The van der Waals surface area contributed by atoms with Crippen LogP contribution >= 0.6 is 0 Å². The number of fused-ring (bicyclic) bond motifs is 1. The molecule has 0 saturated heterocycles. The molecule has 3 aromatic heterocycles. The first kappa shape index (κ1) is 26.8. The van der Waals surface area contributed by atoms with Crippen molar-refractivity contribution in [2.24, 2.45) is 5.41 Å². The molecular weight excluding hydrogens is 501 g/mol. The lowest BCUT2D eigenvalue weighted by Gasteiger charge is -2.41. The molecule has 206 valence electrons. The zero-order chi connectivity index (χ0) is 27.9. The monoisotopic (exact) mass is 535 g/mol. The van der Waals surface area contributed by atoms with Gasteiger partial charge in [0, 0.05) is 37.9 Å². The summed E-state index contributed by atoms with van der Waals surface area (Å²) < 4.78 is 24.1.